The summed E-state index contributed by atoms with van der Waals surface area (Å²) in [5, 5.41) is 5.57. The SMILES string of the molecule is CCC(Oc1cccc(C)c1)C(=O)Nc1cccc(NC(=O)c2ccco2)c1. The molecule has 0 aliphatic heterocycles. The van der Waals surface area contributed by atoms with E-state index in [9.17, 15) is 9.59 Å². The van der Waals surface area contributed by atoms with Crippen LogP contribution in [0.2, 0.25) is 0 Å². The van der Waals surface area contributed by atoms with Crippen LogP contribution >= 0.6 is 0 Å². The van der Waals surface area contributed by atoms with Gasteiger partial charge in [0.2, 0.25) is 0 Å². The molecule has 0 radical (unpaired) electrons. The molecule has 0 bridgehead atoms. The molecule has 1 aromatic heterocycles. The van der Waals surface area contributed by atoms with Crippen molar-refractivity contribution < 1.29 is 18.7 Å². The minimum Gasteiger partial charge on any atom is -0.481 e. The zero-order valence-corrected chi connectivity index (χ0v) is 15.8. The Bertz CT molecular complexity index is 951. The largest absolute Gasteiger partial charge is 0.481 e. The van der Waals surface area contributed by atoms with Crippen LogP contribution in [0.3, 0.4) is 0 Å². The van der Waals surface area contributed by atoms with Gasteiger partial charge in [-0.2, -0.15) is 0 Å². The molecule has 2 aromatic carbocycles. The predicted octanol–water partition coefficient (Wildman–Crippen LogP) is 4.64. The van der Waals surface area contributed by atoms with E-state index in [0.717, 1.165) is 5.56 Å². The first kappa shape index (κ1) is 19.2. The van der Waals surface area contributed by atoms with E-state index in [0.29, 0.717) is 23.5 Å². The number of benzene rings is 2. The summed E-state index contributed by atoms with van der Waals surface area (Å²) in [4.78, 5) is 24.7. The number of nitrogens with one attached hydrogen (secondary N) is 2. The number of furan rings is 1. The van der Waals surface area contributed by atoms with E-state index in [4.69, 9.17) is 9.15 Å². The highest BCUT2D eigenvalue weighted by Crippen LogP contribution is 2.19. The van der Waals surface area contributed by atoms with E-state index in [1.165, 1.54) is 6.26 Å². The van der Waals surface area contributed by atoms with Crippen LogP contribution in [-0.4, -0.2) is 17.9 Å². The highest BCUT2D eigenvalue weighted by Gasteiger charge is 2.19. The van der Waals surface area contributed by atoms with Gasteiger partial charge in [-0.1, -0.05) is 25.1 Å². The van der Waals surface area contributed by atoms with Crippen LogP contribution in [0.5, 0.6) is 5.75 Å². The van der Waals surface area contributed by atoms with Crippen molar-refractivity contribution in [3.63, 3.8) is 0 Å². The van der Waals surface area contributed by atoms with E-state index in [-0.39, 0.29) is 17.6 Å². The lowest BCUT2D eigenvalue weighted by Gasteiger charge is -2.18. The van der Waals surface area contributed by atoms with Gasteiger partial charge in [-0.15, -0.1) is 0 Å². The maximum Gasteiger partial charge on any atom is 0.291 e. The quantitative estimate of drug-likeness (QED) is 0.628. The summed E-state index contributed by atoms with van der Waals surface area (Å²) in [5.41, 5.74) is 2.17. The van der Waals surface area contributed by atoms with E-state index in [2.05, 4.69) is 10.6 Å². The summed E-state index contributed by atoms with van der Waals surface area (Å²) in [6.45, 7) is 3.86. The van der Waals surface area contributed by atoms with Crippen LogP contribution in [0, 0.1) is 6.92 Å². The highest BCUT2D eigenvalue weighted by atomic mass is 16.5. The van der Waals surface area contributed by atoms with Gasteiger partial charge in [-0.25, -0.2) is 0 Å². The molecule has 2 N–H and O–H groups in total. The fourth-order valence-corrected chi connectivity index (χ4v) is 2.67. The van der Waals surface area contributed by atoms with Gasteiger partial charge in [0.1, 0.15) is 5.75 Å². The Hall–Kier alpha value is -3.54. The molecule has 1 atom stereocenters. The highest BCUT2D eigenvalue weighted by molar-refractivity contribution is 6.03. The average molecular weight is 378 g/mol. The van der Waals surface area contributed by atoms with Gasteiger partial charge < -0.3 is 19.8 Å². The Morgan fingerprint density at radius 3 is 2.43 bits per heavy atom. The number of hydrogen-bond donors (Lipinski definition) is 2. The number of hydrogen-bond acceptors (Lipinski definition) is 4. The second-order valence-electron chi connectivity index (χ2n) is 6.33. The van der Waals surface area contributed by atoms with Crippen molar-refractivity contribution in [2.75, 3.05) is 10.6 Å². The Morgan fingerprint density at radius 1 is 1.00 bits per heavy atom. The Kier molecular flexibility index (Phi) is 6.11. The van der Waals surface area contributed by atoms with Gasteiger partial charge in [0, 0.05) is 11.4 Å². The summed E-state index contributed by atoms with van der Waals surface area (Å²) >= 11 is 0. The number of carbonyl (C=O) groups is 2. The van der Waals surface area contributed by atoms with E-state index in [1.54, 1.807) is 36.4 Å². The zero-order valence-electron chi connectivity index (χ0n) is 15.8. The first-order valence-electron chi connectivity index (χ1n) is 9.04. The van der Waals surface area contributed by atoms with E-state index in [1.807, 2.05) is 38.1 Å². The number of anilines is 2. The summed E-state index contributed by atoms with van der Waals surface area (Å²) < 4.78 is 10.9. The smallest absolute Gasteiger partial charge is 0.291 e. The topological polar surface area (TPSA) is 80.6 Å². The molecule has 0 fully saturated rings. The van der Waals surface area contributed by atoms with Crippen LogP contribution < -0.4 is 15.4 Å². The number of rotatable bonds is 7. The molecule has 3 rings (SSSR count). The molecule has 3 aromatic rings. The van der Waals surface area contributed by atoms with Gasteiger partial charge >= 0.3 is 0 Å². The van der Waals surface area contributed by atoms with Gasteiger partial charge in [0.25, 0.3) is 11.8 Å². The summed E-state index contributed by atoms with van der Waals surface area (Å²) in [5.74, 6) is 0.259. The molecule has 0 aliphatic rings. The number of aryl methyl sites for hydroxylation is 1. The lowest BCUT2D eigenvalue weighted by Crippen LogP contribution is -2.32. The van der Waals surface area contributed by atoms with Crippen molar-refractivity contribution >= 4 is 23.2 Å². The molecule has 0 spiro atoms. The van der Waals surface area contributed by atoms with Gasteiger partial charge in [0.05, 0.1) is 6.26 Å². The minimum atomic E-state index is -0.622. The standard InChI is InChI=1S/C22H22N2O4/c1-3-19(28-18-10-4-7-15(2)13-18)21(25)23-16-8-5-9-17(14-16)24-22(26)20-11-6-12-27-20/h4-14,19H,3H2,1-2H3,(H,23,25)(H,24,26). The molecular weight excluding hydrogens is 356 g/mol. The summed E-state index contributed by atoms with van der Waals surface area (Å²) in [6.07, 6.45) is 1.34. The zero-order chi connectivity index (χ0) is 19.9. The molecule has 144 valence electrons. The van der Waals surface area contributed by atoms with Crippen molar-refractivity contribution in [1.29, 1.82) is 0 Å². The third-order valence-corrected chi connectivity index (χ3v) is 4.06. The van der Waals surface area contributed by atoms with Crippen molar-refractivity contribution in [2.45, 2.75) is 26.4 Å². The summed E-state index contributed by atoms with van der Waals surface area (Å²) in [6, 6.07) is 17.7. The molecular formula is C22H22N2O4. The molecule has 0 saturated carbocycles. The van der Waals surface area contributed by atoms with E-state index >= 15 is 0 Å². The van der Waals surface area contributed by atoms with Gasteiger partial charge in [0.15, 0.2) is 11.9 Å². The van der Waals surface area contributed by atoms with Gasteiger partial charge in [-0.3, -0.25) is 9.59 Å². The van der Waals surface area contributed by atoms with E-state index < -0.39 is 6.10 Å². The maximum absolute atomic E-state index is 12.6. The van der Waals surface area contributed by atoms with Crippen LogP contribution in [-0.2, 0) is 4.79 Å². The molecule has 1 unspecified atom stereocenters. The Balaban J connectivity index is 1.65. The molecule has 2 amide bonds. The lowest BCUT2D eigenvalue weighted by molar-refractivity contribution is -0.122. The normalized spacial score (nSPS) is 11.5. The number of carbonyl (C=O) groups excluding carboxylic acids is 2. The fraction of sp³-hybridized carbons (Fsp3) is 0.182. The van der Waals surface area contributed by atoms with Crippen LogP contribution in [0.4, 0.5) is 11.4 Å². The van der Waals surface area contributed by atoms with Crippen LogP contribution in [0.25, 0.3) is 0 Å². The monoisotopic (exact) mass is 378 g/mol. The fourth-order valence-electron chi connectivity index (χ4n) is 2.67. The predicted molar refractivity (Wildman–Crippen MR) is 108 cm³/mol. The summed E-state index contributed by atoms with van der Waals surface area (Å²) in [7, 11) is 0. The molecule has 0 aliphatic carbocycles. The molecule has 6 nitrogen and oxygen atoms in total. The minimum absolute atomic E-state index is 0.215. The maximum atomic E-state index is 12.6. The van der Waals surface area contributed by atoms with Gasteiger partial charge in [-0.05, 0) is 61.4 Å². The van der Waals surface area contributed by atoms with Crippen LogP contribution in [0.15, 0.2) is 71.3 Å². The molecule has 6 heteroatoms. The lowest BCUT2D eigenvalue weighted by atomic mass is 10.2. The van der Waals surface area contributed by atoms with Crippen molar-refractivity contribution in [2.24, 2.45) is 0 Å². The third kappa shape index (κ3) is 5.01. The second-order valence-corrected chi connectivity index (χ2v) is 6.33. The Morgan fingerprint density at radius 2 is 1.75 bits per heavy atom. The number of ether oxygens (including phenoxy) is 1. The molecule has 1 heterocycles. The van der Waals surface area contributed by atoms with Crippen molar-refractivity contribution in [1.82, 2.24) is 0 Å². The van der Waals surface area contributed by atoms with Crippen molar-refractivity contribution in [3.05, 3.63) is 78.3 Å². The number of amides is 2. The Labute approximate surface area is 163 Å². The average Bonchev–Trinajstić information content (AvgIpc) is 3.21. The first-order chi connectivity index (χ1) is 13.5. The van der Waals surface area contributed by atoms with Crippen LogP contribution in [0.1, 0.15) is 29.5 Å². The van der Waals surface area contributed by atoms with Crippen molar-refractivity contribution in [3.8, 4) is 5.75 Å². The molecule has 28 heavy (non-hydrogen) atoms. The molecule has 0 saturated heterocycles. The second kappa shape index (κ2) is 8.90. The third-order valence-electron chi connectivity index (χ3n) is 4.06. The first-order valence-corrected chi connectivity index (χ1v) is 9.04.